The first-order chi connectivity index (χ1) is 12.0. The number of nitrogens with zero attached hydrogens (tertiary/aromatic N) is 3. The van der Waals surface area contributed by atoms with Gasteiger partial charge in [-0.2, -0.15) is 5.10 Å². The van der Waals surface area contributed by atoms with E-state index in [0.29, 0.717) is 6.54 Å². The Morgan fingerprint density at radius 2 is 2.20 bits per heavy atom. The lowest BCUT2D eigenvalue weighted by atomic mass is 10.3. The van der Waals surface area contributed by atoms with Crippen molar-refractivity contribution in [3.63, 3.8) is 0 Å². The van der Waals surface area contributed by atoms with Crippen molar-refractivity contribution in [3.8, 4) is 0 Å². The Balaban J connectivity index is 1.47. The van der Waals surface area contributed by atoms with Crippen molar-refractivity contribution in [2.45, 2.75) is 12.6 Å². The van der Waals surface area contributed by atoms with Crippen molar-refractivity contribution in [3.05, 3.63) is 59.5 Å². The summed E-state index contributed by atoms with van der Waals surface area (Å²) in [5.74, 6) is -0.526. The molecule has 1 atom stereocenters. The molecule has 2 aromatic heterocycles. The van der Waals surface area contributed by atoms with Gasteiger partial charge in [0.15, 0.2) is 9.84 Å². The fourth-order valence-electron chi connectivity index (χ4n) is 2.79. The smallest absolute Gasteiger partial charge is 0.272 e. The predicted octanol–water partition coefficient (Wildman–Crippen LogP) is 0.848. The van der Waals surface area contributed by atoms with Gasteiger partial charge in [0.05, 0.1) is 41.4 Å². The third kappa shape index (κ3) is 3.18. The van der Waals surface area contributed by atoms with Gasteiger partial charge < -0.3 is 9.88 Å². The fourth-order valence-corrected chi connectivity index (χ4v) is 4.02. The third-order valence-corrected chi connectivity index (χ3v) is 5.37. The number of carbonyl (C=O) groups excluding carboxylic acids is 1. The van der Waals surface area contributed by atoms with E-state index in [2.05, 4.69) is 20.5 Å². The highest BCUT2D eigenvalue weighted by Crippen LogP contribution is 2.14. The van der Waals surface area contributed by atoms with Crippen LogP contribution in [0.5, 0.6) is 0 Å². The van der Waals surface area contributed by atoms with E-state index in [9.17, 15) is 13.2 Å². The van der Waals surface area contributed by atoms with Crippen molar-refractivity contribution in [1.82, 2.24) is 25.1 Å². The monoisotopic (exact) mass is 357 g/mol. The zero-order valence-corrected chi connectivity index (χ0v) is 13.9. The normalized spacial score (nSPS) is 18.6. The lowest BCUT2D eigenvalue weighted by Gasteiger charge is -2.07. The summed E-state index contributed by atoms with van der Waals surface area (Å²) in [5.41, 5.74) is 2.86. The summed E-state index contributed by atoms with van der Waals surface area (Å²) in [7, 11) is -3.21. The molecule has 1 aromatic carbocycles. The number of imidazole rings is 1. The van der Waals surface area contributed by atoms with Crippen LogP contribution in [0.3, 0.4) is 0 Å². The molecule has 1 unspecified atom stereocenters. The standard InChI is InChI=1S/C16H15N5O3S/c22-16(18-11-5-6-25(23,24)9-11)14-7-12(19-20-14)8-21-10-17-13-3-1-2-4-15(13)21/h1-7,10-11H,8-9H2,(H,18,22)(H,19,20). The van der Waals surface area contributed by atoms with E-state index in [-0.39, 0.29) is 11.4 Å². The van der Waals surface area contributed by atoms with Crippen molar-refractivity contribution in [1.29, 1.82) is 0 Å². The maximum absolute atomic E-state index is 12.2. The summed E-state index contributed by atoms with van der Waals surface area (Å²) in [4.78, 5) is 16.5. The molecule has 0 bridgehead atoms. The van der Waals surface area contributed by atoms with Gasteiger partial charge in [-0.1, -0.05) is 12.1 Å². The van der Waals surface area contributed by atoms with Gasteiger partial charge in [-0.25, -0.2) is 13.4 Å². The van der Waals surface area contributed by atoms with Crippen LogP contribution in [0.25, 0.3) is 11.0 Å². The lowest BCUT2D eigenvalue weighted by molar-refractivity contribution is 0.0942. The van der Waals surface area contributed by atoms with Gasteiger partial charge in [0.1, 0.15) is 5.69 Å². The molecule has 9 heteroatoms. The van der Waals surface area contributed by atoms with Gasteiger partial charge in [-0.05, 0) is 24.3 Å². The van der Waals surface area contributed by atoms with Crippen LogP contribution in [0.1, 0.15) is 16.2 Å². The molecule has 3 aromatic rings. The van der Waals surface area contributed by atoms with Crippen LogP contribution >= 0.6 is 0 Å². The Morgan fingerprint density at radius 1 is 1.36 bits per heavy atom. The fraction of sp³-hybridized carbons (Fsp3) is 0.188. The molecule has 25 heavy (non-hydrogen) atoms. The van der Waals surface area contributed by atoms with E-state index in [1.54, 1.807) is 12.4 Å². The number of fused-ring (bicyclic) bond motifs is 1. The number of H-pyrrole nitrogens is 1. The minimum Gasteiger partial charge on any atom is -0.343 e. The quantitative estimate of drug-likeness (QED) is 0.719. The molecular weight excluding hydrogens is 342 g/mol. The molecule has 4 rings (SSSR count). The number of aromatic amines is 1. The topological polar surface area (TPSA) is 110 Å². The Morgan fingerprint density at radius 3 is 3.00 bits per heavy atom. The number of sulfone groups is 1. The molecule has 2 N–H and O–H groups in total. The van der Waals surface area contributed by atoms with Crippen LogP contribution in [-0.4, -0.2) is 45.9 Å². The van der Waals surface area contributed by atoms with Gasteiger partial charge in [0.2, 0.25) is 0 Å². The third-order valence-electron chi connectivity index (χ3n) is 3.98. The number of aromatic nitrogens is 4. The van der Waals surface area contributed by atoms with E-state index in [1.807, 2.05) is 28.8 Å². The molecule has 0 spiro atoms. The summed E-state index contributed by atoms with van der Waals surface area (Å²) in [5, 5.41) is 10.6. The number of hydrogen-bond donors (Lipinski definition) is 2. The highest BCUT2D eigenvalue weighted by Gasteiger charge is 2.24. The van der Waals surface area contributed by atoms with Crippen LogP contribution in [0.2, 0.25) is 0 Å². The maximum Gasteiger partial charge on any atom is 0.272 e. The van der Waals surface area contributed by atoms with Crippen LogP contribution in [0.4, 0.5) is 0 Å². The van der Waals surface area contributed by atoms with Gasteiger partial charge in [-0.15, -0.1) is 0 Å². The molecule has 8 nitrogen and oxygen atoms in total. The molecule has 0 fully saturated rings. The van der Waals surface area contributed by atoms with E-state index in [4.69, 9.17) is 0 Å². The van der Waals surface area contributed by atoms with Crippen LogP contribution in [0, 0.1) is 0 Å². The predicted molar refractivity (Wildman–Crippen MR) is 91.6 cm³/mol. The number of nitrogens with one attached hydrogen (secondary N) is 2. The van der Waals surface area contributed by atoms with Gasteiger partial charge >= 0.3 is 0 Å². The van der Waals surface area contributed by atoms with Gasteiger partial charge in [-0.3, -0.25) is 9.89 Å². The molecular formula is C16H15N5O3S. The Bertz CT molecular complexity index is 1080. The summed E-state index contributed by atoms with van der Waals surface area (Å²) >= 11 is 0. The minimum absolute atomic E-state index is 0.114. The highest BCUT2D eigenvalue weighted by molar-refractivity contribution is 7.94. The van der Waals surface area contributed by atoms with Crippen LogP contribution < -0.4 is 5.32 Å². The molecule has 0 saturated heterocycles. The van der Waals surface area contributed by atoms with Crippen LogP contribution in [0.15, 0.2) is 48.1 Å². The average Bonchev–Trinajstić information content (AvgIpc) is 3.28. The number of para-hydroxylation sites is 2. The molecule has 1 amide bonds. The number of rotatable bonds is 4. The number of hydrogen-bond acceptors (Lipinski definition) is 5. The van der Waals surface area contributed by atoms with Gasteiger partial charge in [0, 0.05) is 5.41 Å². The van der Waals surface area contributed by atoms with Crippen LogP contribution in [-0.2, 0) is 16.4 Å². The van der Waals surface area contributed by atoms with Crippen molar-refractivity contribution in [2.75, 3.05) is 5.75 Å². The molecule has 1 aliphatic heterocycles. The Labute approximate surface area is 143 Å². The van der Waals surface area contributed by atoms with E-state index in [1.165, 1.54) is 6.08 Å². The zero-order valence-electron chi connectivity index (χ0n) is 13.1. The largest absolute Gasteiger partial charge is 0.343 e. The Kier molecular flexibility index (Phi) is 3.65. The summed E-state index contributed by atoms with van der Waals surface area (Å²) in [6.45, 7) is 0.499. The first kappa shape index (κ1) is 15.6. The second-order valence-electron chi connectivity index (χ2n) is 5.88. The minimum atomic E-state index is -3.21. The second kappa shape index (κ2) is 5.85. The van der Waals surface area contributed by atoms with Crippen molar-refractivity contribution in [2.24, 2.45) is 0 Å². The molecule has 128 valence electrons. The molecule has 0 saturated carbocycles. The average molecular weight is 357 g/mol. The SMILES string of the molecule is O=C(NC1C=CS(=O)(=O)C1)c1cc(Cn2cnc3ccccc32)[nH]n1. The Hall–Kier alpha value is -2.94. The van der Waals surface area contributed by atoms with E-state index in [0.717, 1.165) is 22.1 Å². The van der Waals surface area contributed by atoms with E-state index >= 15 is 0 Å². The number of benzene rings is 1. The lowest BCUT2D eigenvalue weighted by Crippen LogP contribution is -2.35. The summed E-state index contributed by atoms with van der Waals surface area (Å²) in [6, 6.07) is 8.90. The number of amides is 1. The first-order valence-electron chi connectivity index (χ1n) is 7.66. The van der Waals surface area contributed by atoms with E-state index < -0.39 is 21.8 Å². The zero-order chi connectivity index (χ0) is 17.4. The molecule has 3 heterocycles. The van der Waals surface area contributed by atoms with Gasteiger partial charge in [0.25, 0.3) is 5.91 Å². The van der Waals surface area contributed by atoms with Crippen molar-refractivity contribution >= 4 is 26.8 Å². The number of carbonyl (C=O) groups is 1. The molecule has 1 aliphatic rings. The summed E-state index contributed by atoms with van der Waals surface area (Å²) < 4.78 is 24.7. The molecule has 0 aliphatic carbocycles. The maximum atomic E-state index is 12.2. The molecule has 0 radical (unpaired) electrons. The first-order valence-corrected chi connectivity index (χ1v) is 9.38. The highest BCUT2D eigenvalue weighted by atomic mass is 32.2. The van der Waals surface area contributed by atoms with Crippen molar-refractivity contribution < 1.29 is 13.2 Å². The second-order valence-corrected chi connectivity index (χ2v) is 7.81. The summed E-state index contributed by atoms with van der Waals surface area (Å²) in [6.07, 6.45) is 3.21.